The van der Waals surface area contributed by atoms with Crippen LogP contribution in [-0.2, 0) is 0 Å². The van der Waals surface area contributed by atoms with Gasteiger partial charge in [0, 0.05) is 34.1 Å². The fourth-order valence-electron chi connectivity index (χ4n) is 11.3. The maximum atomic E-state index is 2.43. The van der Waals surface area contributed by atoms with E-state index in [0.29, 0.717) is 0 Å². The SMILES string of the molecule is Cc1ccccc1-c1cc(-c2ccccc2)cc(N(c2ccccc2)c2ccc3c(-c4ccccc4)c4cc(N(c5ccccc5)c5cc(-c6ccccc6)cc(-c6ccccc6)c5)ccc4c(-c4ccccc4)c3c2)c1. The molecule has 0 aliphatic rings. The minimum Gasteiger partial charge on any atom is -0.310 e. The van der Waals surface area contributed by atoms with Crippen molar-refractivity contribution < 1.29 is 0 Å². The van der Waals surface area contributed by atoms with Gasteiger partial charge < -0.3 is 9.80 Å². The lowest BCUT2D eigenvalue weighted by Crippen LogP contribution is -2.11. The number of fused-ring (bicyclic) bond motifs is 2. The van der Waals surface area contributed by atoms with Crippen molar-refractivity contribution in [1.29, 1.82) is 0 Å². The van der Waals surface area contributed by atoms with Crippen molar-refractivity contribution >= 4 is 55.7 Å². The van der Waals surface area contributed by atoms with E-state index < -0.39 is 0 Å². The first kappa shape index (κ1) is 46.7. The van der Waals surface area contributed by atoms with Crippen molar-refractivity contribution in [2.75, 3.05) is 9.80 Å². The molecule has 2 nitrogen and oxygen atoms in total. The molecule has 0 spiro atoms. The first-order valence-corrected chi connectivity index (χ1v) is 26.5. The molecule has 0 aliphatic heterocycles. The Bertz CT molecular complexity index is 4120. The van der Waals surface area contributed by atoms with Crippen LogP contribution in [-0.4, -0.2) is 0 Å². The molecule has 0 saturated carbocycles. The number of nitrogens with zero attached hydrogens (tertiary/aromatic N) is 2. The van der Waals surface area contributed by atoms with Gasteiger partial charge in [-0.15, -0.1) is 0 Å². The Morgan fingerprint density at radius 3 is 0.883 bits per heavy atom. The van der Waals surface area contributed by atoms with Crippen LogP contribution in [0, 0.1) is 6.92 Å². The van der Waals surface area contributed by atoms with Crippen molar-refractivity contribution in [3.8, 4) is 66.8 Å². The lowest BCUT2D eigenvalue weighted by atomic mass is 9.85. The molecular formula is C75H54N2. The van der Waals surface area contributed by atoms with Crippen LogP contribution >= 0.6 is 0 Å². The van der Waals surface area contributed by atoms with E-state index in [-0.39, 0.29) is 0 Å². The first-order valence-electron chi connectivity index (χ1n) is 26.5. The standard InChI is InChI=1S/C75H54N2/c1-53-25-23-24-40-69(53)62-46-61(56-30-13-4-14-31-56)49-68(50-62)77(64-38-21-8-22-39-64)66-42-44-71-73(52-66)75(58-34-17-6-18-35-58)70-43-41-65(51-72(70)74(71)57-32-15-5-16-33-57)76(63-36-19-7-20-37-63)67-47-59(54-26-9-2-10-27-54)45-60(48-67)55-28-11-3-12-29-55/h2-52H,1H3. The summed E-state index contributed by atoms with van der Waals surface area (Å²) in [7, 11) is 0. The molecule has 0 amide bonds. The third kappa shape index (κ3) is 9.24. The lowest BCUT2D eigenvalue weighted by molar-refractivity contribution is 1.29. The van der Waals surface area contributed by atoms with Gasteiger partial charge in [-0.05, 0) is 186 Å². The van der Waals surface area contributed by atoms with Gasteiger partial charge in [-0.1, -0.05) is 224 Å². The highest BCUT2D eigenvalue weighted by Crippen LogP contribution is 2.49. The van der Waals surface area contributed by atoms with Gasteiger partial charge >= 0.3 is 0 Å². The minimum atomic E-state index is 1.07. The second-order valence-electron chi connectivity index (χ2n) is 19.7. The van der Waals surface area contributed by atoms with Gasteiger partial charge in [-0.25, -0.2) is 0 Å². The van der Waals surface area contributed by atoms with Crippen LogP contribution in [0.25, 0.3) is 88.3 Å². The van der Waals surface area contributed by atoms with Crippen molar-refractivity contribution in [2.24, 2.45) is 0 Å². The summed E-state index contributed by atoms with van der Waals surface area (Å²) in [4.78, 5) is 4.86. The zero-order valence-electron chi connectivity index (χ0n) is 42.8. The molecule has 0 radical (unpaired) electrons. The third-order valence-electron chi connectivity index (χ3n) is 14.9. The Kier molecular flexibility index (Phi) is 12.6. The molecule has 0 fully saturated rings. The highest BCUT2D eigenvalue weighted by Gasteiger charge is 2.24. The second-order valence-corrected chi connectivity index (χ2v) is 19.7. The van der Waals surface area contributed by atoms with Crippen LogP contribution in [0.15, 0.2) is 309 Å². The molecule has 0 N–H and O–H groups in total. The van der Waals surface area contributed by atoms with E-state index in [2.05, 4.69) is 326 Å². The Balaban J connectivity index is 1.08. The van der Waals surface area contributed by atoms with Crippen LogP contribution in [0.3, 0.4) is 0 Å². The number of aryl methyl sites for hydroxylation is 1. The number of para-hydroxylation sites is 2. The largest absolute Gasteiger partial charge is 0.310 e. The predicted molar refractivity (Wildman–Crippen MR) is 328 cm³/mol. The molecule has 2 heteroatoms. The molecule has 0 saturated heterocycles. The molecule has 13 aromatic carbocycles. The summed E-state index contributed by atoms with van der Waals surface area (Å²) < 4.78 is 0. The number of rotatable bonds is 12. The summed E-state index contributed by atoms with van der Waals surface area (Å²) in [5, 5.41) is 4.71. The topological polar surface area (TPSA) is 6.48 Å². The van der Waals surface area contributed by atoms with Gasteiger partial charge in [0.25, 0.3) is 0 Å². The van der Waals surface area contributed by atoms with Gasteiger partial charge in [0.15, 0.2) is 0 Å². The molecule has 0 bridgehead atoms. The average molecular weight is 983 g/mol. The lowest BCUT2D eigenvalue weighted by Gasteiger charge is -2.29. The van der Waals surface area contributed by atoms with Gasteiger partial charge in [0.1, 0.15) is 0 Å². The van der Waals surface area contributed by atoms with E-state index in [0.717, 1.165) is 61.9 Å². The predicted octanol–water partition coefficient (Wildman–Crippen LogP) is 21.2. The van der Waals surface area contributed by atoms with E-state index in [1.54, 1.807) is 0 Å². The quantitative estimate of drug-likeness (QED) is 0.113. The summed E-state index contributed by atoms with van der Waals surface area (Å²) in [6, 6.07) is 113. The van der Waals surface area contributed by atoms with E-state index in [1.807, 2.05) is 0 Å². The van der Waals surface area contributed by atoms with Gasteiger partial charge in [-0.2, -0.15) is 0 Å². The molecule has 13 rings (SSSR count). The normalized spacial score (nSPS) is 11.2. The van der Waals surface area contributed by atoms with E-state index >= 15 is 0 Å². The summed E-state index contributed by atoms with van der Waals surface area (Å²) in [5.74, 6) is 0. The smallest absolute Gasteiger partial charge is 0.0473 e. The van der Waals surface area contributed by atoms with Crippen molar-refractivity contribution in [3.05, 3.63) is 315 Å². The fraction of sp³-hybridized carbons (Fsp3) is 0.0133. The molecule has 0 unspecified atom stereocenters. The third-order valence-corrected chi connectivity index (χ3v) is 14.9. The molecule has 0 aliphatic carbocycles. The highest BCUT2D eigenvalue weighted by molar-refractivity contribution is 6.22. The van der Waals surface area contributed by atoms with Crippen LogP contribution < -0.4 is 9.80 Å². The number of hydrogen-bond acceptors (Lipinski definition) is 2. The maximum absolute atomic E-state index is 2.43. The van der Waals surface area contributed by atoms with Crippen LogP contribution in [0.5, 0.6) is 0 Å². The maximum Gasteiger partial charge on any atom is 0.0473 e. The minimum absolute atomic E-state index is 1.07. The van der Waals surface area contributed by atoms with E-state index in [4.69, 9.17) is 0 Å². The van der Waals surface area contributed by atoms with E-state index in [1.165, 1.54) is 66.1 Å². The zero-order valence-corrected chi connectivity index (χ0v) is 42.8. The summed E-state index contributed by atoms with van der Waals surface area (Å²) in [6.07, 6.45) is 0. The van der Waals surface area contributed by atoms with Crippen LogP contribution in [0.4, 0.5) is 34.1 Å². The summed E-state index contributed by atoms with van der Waals surface area (Å²) >= 11 is 0. The molecule has 364 valence electrons. The van der Waals surface area contributed by atoms with Crippen LogP contribution in [0.2, 0.25) is 0 Å². The van der Waals surface area contributed by atoms with Crippen molar-refractivity contribution in [1.82, 2.24) is 0 Å². The van der Waals surface area contributed by atoms with Gasteiger partial charge in [-0.3, -0.25) is 0 Å². The molecular weight excluding hydrogens is 929 g/mol. The van der Waals surface area contributed by atoms with Gasteiger partial charge in [0.05, 0.1) is 0 Å². The van der Waals surface area contributed by atoms with E-state index in [9.17, 15) is 0 Å². The van der Waals surface area contributed by atoms with Crippen molar-refractivity contribution in [3.63, 3.8) is 0 Å². The number of hydrogen-bond donors (Lipinski definition) is 0. The summed E-state index contributed by atoms with van der Waals surface area (Å²) in [5.41, 5.74) is 21.8. The number of anilines is 6. The fourth-order valence-corrected chi connectivity index (χ4v) is 11.3. The second kappa shape index (κ2) is 20.7. The Labute approximate surface area is 451 Å². The zero-order chi connectivity index (χ0) is 51.5. The molecule has 0 heterocycles. The first-order chi connectivity index (χ1) is 38.1. The average Bonchev–Trinajstić information content (AvgIpc) is 3.52. The molecule has 77 heavy (non-hydrogen) atoms. The Morgan fingerprint density at radius 1 is 0.195 bits per heavy atom. The van der Waals surface area contributed by atoms with Crippen molar-refractivity contribution in [2.45, 2.75) is 6.92 Å². The van der Waals surface area contributed by atoms with Gasteiger partial charge in [0.2, 0.25) is 0 Å². The number of benzene rings is 13. The Hall–Kier alpha value is -10.0. The Morgan fingerprint density at radius 2 is 0.506 bits per heavy atom. The summed E-state index contributed by atoms with van der Waals surface area (Å²) in [6.45, 7) is 2.20. The van der Waals surface area contributed by atoms with Crippen LogP contribution in [0.1, 0.15) is 5.56 Å². The molecule has 0 atom stereocenters. The highest BCUT2D eigenvalue weighted by atomic mass is 15.1. The molecule has 0 aromatic heterocycles. The molecule has 13 aromatic rings. The monoisotopic (exact) mass is 982 g/mol.